The first-order valence-electron chi connectivity index (χ1n) is 19.8. The zero-order valence-electron chi connectivity index (χ0n) is 31.0. The fourth-order valence-corrected chi connectivity index (χ4v) is 10.6. The van der Waals surface area contributed by atoms with Crippen LogP contribution in [0.25, 0.3) is 80.7 Å². The number of fused-ring (bicyclic) bond motifs is 9. The first-order valence-corrected chi connectivity index (χ1v) is 20.6. The molecule has 4 heterocycles. The summed E-state index contributed by atoms with van der Waals surface area (Å²) in [6.45, 7) is 0. The normalized spacial score (nSPS) is 19.9. The number of thiophene rings is 1. The summed E-state index contributed by atoms with van der Waals surface area (Å²) in [7, 11) is 0. The number of hydrogen-bond donors (Lipinski definition) is 3. The minimum absolute atomic E-state index is 0.0282. The van der Waals surface area contributed by atoms with Gasteiger partial charge in [0.05, 0.1) is 39.9 Å². The van der Waals surface area contributed by atoms with Gasteiger partial charge in [-0.1, -0.05) is 140 Å². The summed E-state index contributed by atoms with van der Waals surface area (Å²) in [5, 5.41) is 19.0. The molecule has 0 amide bonds. The topological polar surface area (TPSA) is 54.2 Å². The van der Waals surface area contributed by atoms with Crippen molar-refractivity contribution in [2.24, 2.45) is 5.92 Å². The Morgan fingerprint density at radius 3 is 2.16 bits per heavy atom. The van der Waals surface area contributed by atoms with Crippen LogP contribution in [-0.4, -0.2) is 10.7 Å². The Balaban J connectivity index is 0.979. The van der Waals surface area contributed by atoms with Gasteiger partial charge < -0.3 is 8.98 Å². The summed E-state index contributed by atoms with van der Waals surface area (Å²) in [5.74, 6) is 0.327. The Bertz CT molecular complexity index is 3190. The molecule has 6 heteroatoms. The predicted octanol–water partition coefficient (Wildman–Crippen LogP) is 12.7. The average Bonchev–Trinajstić information content (AvgIpc) is 3.96. The highest BCUT2D eigenvalue weighted by Crippen LogP contribution is 2.44. The van der Waals surface area contributed by atoms with Crippen LogP contribution in [0.2, 0.25) is 0 Å². The van der Waals surface area contributed by atoms with E-state index in [1.165, 1.54) is 64.4 Å². The molecule has 274 valence electrons. The lowest BCUT2D eigenvalue weighted by atomic mass is 9.94. The van der Waals surface area contributed by atoms with E-state index in [1.54, 1.807) is 0 Å². The van der Waals surface area contributed by atoms with Crippen LogP contribution in [0.1, 0.15) is 29.9 Å². The lowest BCUT2D eigenvalue weighted by Crippen LogP contribution is -2.61. The maximum absolute atomic E-state index is 6.86. The molecule has 7 aromatic carbocycles. The van der Waals surface area contributed by atoms with Crippen LogP contribution in [0.15, 0.2) is 180 Å². The van der Waals surface area contributed by atoms with E-state index in [-0.39, 0.29) is 18.5 Å². The lowest BCUT2D eigenvalue weighted by molar-refractivity contribution is 0.171. The highest BCUT2D eigenvalue weighted by Gasteiger charge is 2.34. The highest BCUT2D eigenvalue weighted by molar-refractivity contribution is 7.26. The van der Waals surface area contributed by atoms with Crippen molar-refractivity contribution >= 4 is 75.3 Å². The van der Waals surface area contributed by atoms with Gasteiger partial charge in [0, 0.05) is 48.5 Å². The second-order valence-electron chi connectivity index (χ2n) is 15.3. The largest absolute Gasteiger partial charge is 0.456 e. The van der Waals surface area contributed by atoms with E-state index in [0.717, 1.165) is 33.9 Å². The zero-order valence-corrected chi connectivity index (χ0v) is 31.8. The molecule has 1 aliphatic heterocycles. The summed E-state index contributed by atoms with van der Waals surface area (Å²) in [6, 6.07) is 55.0. The van der Waals surface area contributed by atoms with E-state index in [0.29, 0.717) is 5.92 Å². The highest BCUT2D eigenvalue weighted by atomic mass is 32.1. The van der Waals surface area contributed by atoms with E-state index < -0.39 is 0 Å². The molecular formula is C51H38N4OS. The molecule has 1 saturated heterocycles. The lowest BCUT2D eigenvalue weighted by Gasteiger charge is -2.42. The summed E-state index contributed by atoms with van der Waals surface area (Å²) >= 11 is 1.88. The van der Waals surface area contributed by atoms with E-state index in [9.17, 15) is 0 Å². The van der Waals surface area contributed by atoms with Gasteiger partial charge in [0.1, 0.15) is 11.2 Å². The van der Waals surface area contributed by atoms with Gasteiger partial charge in [0.2, 0.25) is 0 Å². The van der Waals surface area contributed by atoms with Crippen LogP contribution < -0.4 is 16.0 Å². The second kappa shape index (κ2) is 13.2. The minimum Gasteiger partial charge on any atom is -0.456 e. The van der Waals surface area contributed by atoms with Crippen molar-refractivity contribution in [3.8, 4) is 16.8 Å². The standard InChI is InChI=1S/C51H38N4OS/c1-3-14-31(15-4-1)49-52-50(32-16-5-2-6-17-32)54-51(53-49)39-23-11-22-38-46-34(20-13-27-44(46)56-47(38)39)33-28-29-45-40(30-33)37-21-12-26-43(48(37)57-45)55-41-24-9-7-18-35(41)36-19-8-10-25-42(36)55/h1-16,18-30,32,49-54H,17H2. The van der Waals surface area contributed by atoms with Crippen molar-refractivity contribution < 1.29 is 4.42 Å². The molecule has 2 aliphatic rings. The molecule has 3 N–H and O–H groups in total. The molecular weight excluding hydrogens is 717 g/mol. The molecule has 57 heavy (non-hydrogen) atoms. The van der Waals surface area contributed by atoms with Crippen molar-refractivity contribution in [2.45, 2.75) is 24.9 Å². The molecule has 0 spiro atoms. The summed E-state index contributed by atoms with van der Waals surface area (Å²) in [6.07, 6.45) is 9.76. The molecule has 5 nitrogen and oxygen atoms in total. The van der Waals surface area contributed by atoms with Crippen molar-refractivity contribution in [3.05, 3.63) is 187 Å². The fraction of sp³-hybridized carbons (Fsp3) is 0.0980. The van der Waals surface area contributed by atoms with Gasteiger partial charge >= 0.3 is 0 Å². The van der Waals surface area contributed by atoms with E-state index >= 15 is 0 Å². The molecule has 0 saturated carbocycles. The van der Waals surface area contributed by atoms with Crippen LogP contribution in [0, 0.1) is 5.92 Å². The zero-order chi connectivity index (χ0) is 37.5. The molecule has 1 aliphatic carbocycles. The van der Waals surface area contributed by atoms with Crippen molar-refractivity contribution in [3.63, 3.8) is 0 Å². The number of nitrogens with one attached hydrogen (secondary N) is 3. The first kappa shape index (κ1) is 32.9. The SMILES string of the molecule is C1=CCC(C2NC(c3ccccc3)NC(c3cccc4c3oc3cccc(-c5ccc6sc7c(-n8c9ccccc9c9ccccc98)cccc7c6c5)c34)N2)C=C1. The Labute approximate surface area is 333 Å². The maximum Gasteiger partial charge on any atom is 0.141 e. The summed E-state index contributed by atoms with van der Waals surface area (Å²) < 4.78 is 11.9. The molecule has 4 atom stereocenters. The van der Waals surface area contributed by atoms with Gasteiger partial charge in [-0.2, -0.15) is 0 Å². The third kappa shape index (κ3) is 5.26. The number of rotatable bonds is 5. The van der Waals surface area contributed by atoms with Crippen molar-refractivity contribution in [1.29, 1.82) is 0 Å². The molecule has 1 fully saturated rings. The number of aromatic nitrogens is 1. The Kier molecular flexibility index (Phi) is 7.60. The predicted molar refractivity (Wildman–Crippen MR) is 238 cm³/mol. The summed E-state index contributed by atoms with van der Waals surface area (Å²) in [4.78, 5) is 0. The maximum atomic E-state index is 6.86. The number of nitrogens with zero attached hydrogens (tertiary/aromatic N) is 1. The van der Waals surface area contributed by atoms with Crippen LogP contribution in [-0.2, 0) is 0 Å². The van der Waals surface area contributed by atoms with Gasteiger partial charge in [-0.3, -0.25) is 16.0 Å². The monoisotopic (exact) mass is 754 g/mol. The number of allylic oxidation sites excluding steroid dienone is 3. The molecule has 4 unspecified atom stereocenters. The van der Waals surface area contributed by atoms with Gasteiger partial charge in [-0.25, -0.2) is 0 Å². The number of para-hydroxylation sites is 3. The third-order valence-corrected chi connectivity index (χ3v) is 13.3. The molecule has 0 radical (unpaired) electrons. The quantitative estimate of drug-likeness (QED) is 0.164. The molecule has 0 bridgehead atoms. The van der Waals surface area contributed by atoms with Gasteiger partial charge in [-0.05, 0) is 59.5 Å². The van der Waals surface area contributed by atoms with Crippen LogP contribution in [0.4, 0.5) is 0 Å². The number of furan rings is 1. The first-order chi connectivity index (χ1) is 28.3. The average molecular weight is 755 g/mol. The van der Waals surface area contributed by atoms with Crippen molar-refractivity contribution in [2.75, 3.05) is 0 Å². The van der Waals surface area contributed by atoms with Crippen LogP contribution >= 0.6 is 11.3 Å². The second-order valence-corrected chi connectivity index (χ2v) is 16.4. The summed E-state index contributed by atoms with van der Waals surface area (Å²) in [5.41, 5.74) is 10.2. The van der Waals surface area contributed by atoms with E-state index in [4.69, 9.17) is 4.42 Å². The number of benzene rings is 7. The van der Waals surface area contributed by atoms with E-state index in [2.05, 4.69) is 196 Å². The van der Waals surface area contributed by atoms with Crippen LogP contribution in [0.3, 0.4) is 0 Å². The van der Waals surface area contributed by atoms with Gasteiger partial charge in [0.25, 0.3) is 0 Å². The van der Waals surface area contributed by atoms with Gasteiger partial charge in [-0.15, -0.1) is 11.3 Å². The third-order valence-electron chi connectivity index (χ3n) is 12.1. The molecule has 3 aromatic heterocycles. The smallest absolute Gasteiger partial charge is 0.141 e. The Morgan fingerprint density at radius 1 is 0.596 bits per heavy atom. The number of hydrogen-bond acceptors (Lipinski definition) is 5. The Morgan fingerprint density at radius 2 is 1.33 bits per heavy atom. The van der Waals surface area contributed by atoms with Gasteiger partial charge in [0.15, 0.2) is 0 Å². The Hall–Kier alpha value is -6.28. The fourth-order valence-electron chi connectivity index (χ4n) is 9.43. The van der Waals surface area contributed by atoms with Crippen LogP contribution in [0.5, 0.6) is 0 Å². The van der Waals surface area contributed by atoms with E-state index in [1.807, 2.05) is 11.3 Å². The molecule has 10 aromatic rings. The van der Waals surface area contributed by atoms with Crippen molar-refractivity contribution in [1.82, 2.24) is 20.5 Å². The molecule has 12 rings (SSSR count). The minimum atomic E-state index is -0.134.